The summed E-state index contributed by atoms with van der Waals surface area (Å²) in [4.78, 5) is 27.1. The first kappa shape index (κ1) is 21.2. The maximum atomic E-state index is 12.7. The molecule has 0 aliphatic carbocycles. The van der Waals surface area contributed by atoms with Crippen LogP contribution >= 0.6 is 0 Å². The molecule has 30 heavy (non-hydrogen) atoms. The Morgan fingerprint density at radius 1 is 1.37 bits per heavy atom. The Morgan fingerprint density at radius 3 is 2.97 bits per heavy atom. The molecular formula is C20H25N5O5. The number of carboxylic acid groups (broad SMARTS) is 1. The number of likely N-dealkylation sites (tertiary alicyclic amines) is 1. The van der Waals surface area contributed by atoms with Crippen molar-refractivity contribution in [2.75, 3.05) is 6.54 Å². The Kier molecular flexibility index (Phi) is 7.64. The minimum absolute atomic E-state index is 0.0483. The van der Waals surface area contributed by atoms with Gasteiger partial charge in [0.05, 0.1) is 19.1 Å². The number of nitrogens with one attached hydrogen (secondary N) is 1. The first-order valence-corrected chi connectivity index (χ1v) is 9.78. The molecule has 0 radical (unpaired) electrons. The van der Waals surface area contributed by atoms with Gasteiger partial charge in [-0.2, -0.15) is 0 Å². The number of aromatic nitrogens is 3. The molecule has 0 spiro atoms. The van der Waals surface area contributed by atoms with Gasteiger partial charge < -0.3 is 28.8 Å². The maximum absolute atomic E-state index is 12.7. The lowest BCUT2D eigenvalue weighted by Crippen LogP contribution is -2.48. The molecule has 1 fully saturated rings. The highest BCUT2D eigenvalue weighted by Gasteiger charge is 2.26. The fraction of sp³-hybridized carbons (Fsp3) is 0.400. The Balaban J connectivity index is 0.000000806. The smallest absolute Gasteiger partial charge is 0.317 e. The molecule has 1 atom stereocenters. The van der Waals surface area contributed by atoms with Crippen molar-refractivity contribution in [2.24, 2.45) is 0 Å². The van der Waals surface area contributed by atoms with Crippen LogP contribution in [0.25, 0.3) is 11.5 Å². The molecule has 3 aromatic rings. The molecule has 4 rings (SSSR count). The SMILES string of the molecule is O=C(NCc1cc(-c2ccco2)on1)N1CCCCC1CCn1ccnc1.O=CO. The van der Waals surface area contributed by atoms with E-state index in [9.17, 15) is 4.79 Å². The summed E-state index contributed by atoms with van der Waals surface area (Å²) in [5.74, 6) is 1.18. The number of hydrogen-bond donors (Lipinski definition) is 2. The summed E-state index contributed by atoms with van der Waals surface area (Å²) in [6.45, 7) is 1.73. The molecule has 1 aliphatic rings. The number of carbonyl (C=O) groups is 2. The van der Waals surface area contributed by atoms with E-state index in [1.165, 1.54) is 0 Å². The van der Waals surface area contributed by atoms with E-state index >= 15 is 0 Å². The molecule has 10 heteroatoms. The molecule has 1 aliphatic heterocycles. The standard InChI is InChI=1S/C19H23N5O3.CH2O2/c25-19(21-13-15-12-18(27-22-15)17-5-3-11-26-17)24-8-2-1-4-16(24)6-9-23-10-7-20-14-23;2-1-3/h3,5,7,10-12,14,16H,1-2,4,6,8-9,13H2,(H,21,25);1H,(H,2,3). The summed E-state index contributed by atoms with van der Waals surface area (Å²) in [5, 5.41) is 13.9. The van der Waals surface area contributed by atoms with E-state index in [0.29, 0.717) is 23.8 Å². The van der Waals surface area contributed by atoms with Crippen LogP contribution in [0.2, 0.25) is 0 Å². The molecule has 1 unspecified atom stereocenters. The summed E-state index contributed by atoms with van der Waals surface area (Å²) in [6, 6.07) is 5.58. The van der Waals surface area contributed by atoms with Crippen molar-refractivity contribution in [3.05, 3.63) is 48.9 Å². The third kappa shape index (κ3) is 5.72. The van der Waals surface area contributed by atoms with Crippen molar-refractivity contribution >= 4 is 12.5 Å². The second-order valence-corrected chi connectivity index (χ2v) is 6.86. The third-order valence-electron chi connectivity index (χ3n) is 4.91. The number of piperidine rings is 1. The maximum Gasteiger partial charge on any atom is 0.317 e. The average Bonchev–Trinajstić information content (AvgIpc) is 3.53. The van der Waals surface area contributed by atoms with Gasteiger partial charge in [-0.3, -0.25) is 4.79 Å². The number of aryl methyl sites for hydroxylation is 1. The zero-order valence-corrected chi connectivity index (χ0v) is 16.5. The van der Waals surface area contributed by atoms with Crippen LogP contribution in [-0.2, 0) is 17.9 Å². The fourth-order valence-electron chi connectivity index (χ4n) is 3.48. The second kappa shape index (κ2) is 10.8. The van der Waals surface area contributed by atoms with E-state index in [1.807, 2.05) is 23.5 Å². The van der Waals surface area contributed by atoms with Gasteiger partial charge in [-0.15, -0.1) is 0 Å². The van der Waals surface area contributed by atoms with Gasteiger partial charge in [0.1, 0.15) is 5.69 Å². The van der Waals surface area contributed by atoms with Gasteiger partial charge in [0, 0.05) is 37.6 Å². The largest absolute Gasteiger partial charge is 0.483 e. The quantitative estimate of drug-likeness (QED) is 0.593. The average molecular weight is 415 g/mol. The topological polar surface area (TPSA) is 127 Å². The molecule has 4 heterocycles. The number of carbonyl (C=O) groups excluding carboxylic acids is 1. The molecule has 0 saturated carbocycles. The van der Waals surface area contributed by atoms with Crippen LogP contribution in [0.3, 0.4) is 0 Å². The molecule has 10 nitrogen and oxygen atoms in total. The molecule has 2 N–H and O–H groups in total. The van der Waals surface area contributed by atoms with Crippen molar-refractivity contribution in [2.45, 2.75) is 44.8 Å². The summed E-state index contributed by atoms with van der Waals surface area (Å²) >= 11 is 0. The first-order chi connectivity index (χ1) is 14.7. The van der Waals surface area contributed by atoms with E-state index < -0.39 is 0 Å². The van der Waals surface area contributed by atoms with Gasteiger partial charge in [-0.25, -0.2) is 9.78 Å². The predicted molar refractivity (Wildman–Crippen MR) is 106 cm³/mol. The monoisotopic (exact) mass is 415 g/mol. The van der Waals surface area contributed by atoms with Crippen LogP contribution in [-0.4, -0.2) is 49.8 Å². The number of hydrogen-bond acceptors (Lipinski definition) is 6. The first-order valence-electron chi connectivity index (χ1n) is 9.78. The third-order valence-corrected chi connectivity index (χ3v) is 4.91. The number of urea groups is 1. The van der Waals surface area contributed by atoms with Crippen LogP contribution in [0.1, 0.15) is 31.4 Å². The van der Waals surface area contributed by atoms with Gasteiger partial charge in [-0.1, -0.05) is 5.16 Å². The van der Waals surface area contributed by atoms with E-state index in [2.05, 4.69) is 20.0 Å². The van der Waals surface area contributed by atoms with Gasteiger partial charge in [0.2, 0.25) is 5.76 Å². The molecular weight excluding hydrogens is 390 g/mol. The lowest BCUT2D eigenvalue weighted by atomic mass is 10.00. The molecule has 0 bridgehead atoms. The summed E-state index contributed by atoms with van der Waals surface area (Å²) in [5.41, 5.74) is 0.668. The Morgan fingerprint density at radius 2 is 2.23 bits per heavy atom. The van der Waals surface area contributed by atoms with Gasteiger partial charge >= 0.3 is 6.03 Å². The van der Waals surface area contributed by atoms with Crippen LogP contribution in [0.4, 0.5) is 4.79 Å². The lowest BCUT2D eigenvalue weighted by molar-refractivity contribution is -0.122. The van der Waals surface area contributed by atoms with E-state index in [1.54, 1.807) is 24.6 Å². The molecule has 160 valence electrons. The second-order valence-electron chi connectivity index (χ2n) is 6.86. The Bertz CT molecular complexity index is 891. The Hall–Kier alpha value is -3.56. The number of imidazole rings is 1. The fourth-order valence-corrected chi connectivity index (χ4v) is 3.48. The van der Waals surface area contributed by atoms with Crippen LogP contribution < -0.4 is 5.32 Å². The highest BCUT2D eigenvalue weighted by molar-refractivity contribution is 5.74. The van der Waals surface area contributed by atoms with Gasteiger partial charge in [0.25, 0.3) is 6.47 Å². The van der Waals surface area contributed by atoms with Crippen LogP contribution in [0.5, 0.6) is 0 Å². The van der Waals surface area contributed by atoms with Crippen molar-refractivity contribution in [1.29, 1.82) is 0 Å². The van der Waals surface area contributed by atoms with Crippen molar-refractivity contribution in [1.82, 2.24) is 24.9 Å². The van der Waals surface area contributed by atoms with Crippen molar-refractivity contribution in [3.8, 4) is 11.5 Å². The molecule has 3 aromatic heterocycles. The van der Waals surface area contributed by atoms with Crippen molar-refractivity contribution in [3.63, 3.8) is 0 Å². The number of amides is 2. The number of rotatable bonds is 6. The summed E-state index contributed by atoms with van der Waals surface area (Å²) in [7, 11) is 0. The van der Waals surface area contributed by atoms with Gasteiger partial charge in [0.15, 0.2) is 5.76 Å². The number of furan rings is 1. The zero-order chi connectivity index (χ0) is 21.2. The van der Waals surface area contributed by atoms with Crippen LogP contribution in [0, 0.1) is 0 Å². The highest BCUT2D eigenvalue weighted by Crippen LogP contribution is 2.22. The minimum atomic E-state index is -0.250. The molecule has 2 amide bonds. The number of nitrogens with zero attached hydrogens (tertiary/aromatic N) is 4. The van der Waals surface area contributed by atoms with Crippen molar-refractivity contribution < 1.29 is 23.6 Å². The van der Waals surface area contributed by atoms with E-state index in [4.69, 9.17) is 18.8 Å². The zero-order valence-electron chi connectivity index (χ0n) is 16.5. The predicted octanol–water partition coefficient (Wildman–Crippen LogP) is 2.99. The van der Waals surface area contributed by atoms with Crippen LogP contribution in [0.15, 0.2) is 52.1 Å². The minimum Gasteiger partial charge on any atom is -0.483 e. The molecule has 1 saturated heterocycles. The summed E-state index contributed by atoms with van der Waals surface area (Å²) in [6.07, 6.45) is 11.3. The summed E-state index contributed by atoms with van der Waals surface area (Å²) < 4.78 is 12.6. The Labute approximate surface area is 173 Å². The van der Waals surface area contributed by atoms with Gasteiger partial charge in [-0.05, 0) is 37.8 Å². The molecule has 0 aromatic carbocycles. The highest BCUT2D eigenvalue weighted by atomic mass is 16.5. The van der Waals surface area contributed by atoms with E-state index in [-0.39, 0.29) is 18.5 Å². The lowest BCUT2D eigenvalue weighted by Gasteiger charge is -2.35. The van der Waals surface area contributed by atoms with E-state index in [0.717, 1.165) is 38.8 Å². The normalized spacial score (nSPS) is 15.9.